The second-order valence-corrected chi connectivity index (χ2v) is 8.94. The van der Waals surface area contributed by atoms with Gasteiger partial charge in [0.25, 0.3) is 10.0 Å². The van der Waals surface area contributed by atoms with Gasteiger partial charge in [0.15, 0.2) is 0 Å². The van der Waals surface area contributed by atoms with E-state index in [1.54, 1.807) is 30.3 Å². The zero-order valence-electron chi connectivity index (χ0n) is 16.5. The minimum atomic E-state index is -3.74. The van der Waals surface area contributed by atoms with Crippen LogP contribution < -0.4 is 0 Å². The van der Waals surface area contributed by atoms with Crippen LogP contribution >= 0.6 is 0 Å². The van der Waals surface area contributed by atoms with Gasteiger partial charge in [-0.25, -0.2) is 13.2 Å². The van der Waals surface area contributed by atoms with E-state index >= 15 is 0 Å². The van der Waals surface area contributed by atoms with E-state index < -0.39 is 16.0 Å². The quantitative estimate of drug-likeness (QED) is 0.632. The first-order valence-corrected chi connectivity index (χ1v) is 11.1. The van der Waals surface area contributed by atoms with Crippen molar-refractivity contribution in [2.45, 2.75) is 17.9 Å². The Morgan fingerprint density at radius 3 is 2.39 bits per heavy atom. The molecule has 0 amide bonds. The van der Waals surface area contributed by atoms with Gasteiger partial charge < -0.3 is 5.11 Å². The maximum absolute atomic E-state index is 13.2. The monoisotopic (exact) mass is 429 g/mol. The summed E-state index contributed by atoms with van der Waals surface area (Å²) >= 11 is 0. The number of hydrogen-bond acceptors (Lipinski definition) is 3. The first kappa shape index (κ1) is 20.5. The first-order chi connectivity index (χ1) is 14.9. The van der Waals surface area contributed by atoms with E-state index in [2.05, 4.69) is 11.8 Å². The van der Waals surface area contributed by atoms with Crippen LogP contribution in [0.15, 0.2) is 83.9 Å². The number of sulfonamides is 1. The number of carboxylic acids is 1. The molecule has 5 nitrogen and oxygen atoms in total. The summed E-state index contributed by atoms with van der Waals surface area (Å²) in [6, 6.07) is 21.2. The van der Waals surface area contributed by atoms with Gasteiger partial charge in [-0.05, 0) is 47.0 Å². The van der Waals surface area contributed by atoms with E-state index in [0.29, 0.717) is 23.1 Å². The molecule has 31 heavy (non-hydrogen) atoms. The molecule has 154 valence electrons. The third-order valence-electron chi connectivity index (χ3n) is 4.93. The molecule has 0 spiro atoms. The Bertz CT molecular complexity index is 1320. The Morgan fingerprint density at radius 2 is 1.68 bits per heavy atom. The number of fused-ring (bicyclic) bond motifs is 1. The number of aromatic carboxylic acids is 1. The van der Waals surface area contributed by atoms with Crippen molar-refractivity contribution in [2.24, 2.45) is 0 Å². The van der Waals surface area contributed by atoms with E-state index in [9.17, 15) is 13.2 Å². The predicted molar refractivity (Wildman–Crippen MR) is 119 cm³/mol. The average molecular weight is 429 g/mol. The van der Waals surface area contributed by atoms with Crippen molar-refractivity contribution in [1.29, 1.82) is 0 Å². The molecule has 0 bridgehead atoms. The molecule has 1 aliphatic heterocycles. The van der Waals surface area contributed by atoms with E-state index in [0.717, 1.165) is 5.56 Å². The van der Waals surface area contributed by atoms with Gasteiger partial charge >= 0.3 is 5.97 Å². The number of nitrogens with zero attached hydrogens (tertiary/aromatic N) is 1. The molecule has 1 heterocycles. The molecular weight excluding hydrogens is 410 g/mol. The van der Waals surface area contributed by atoms with Gasteiger partial charge in [0.05, 0.1) is 17.0 Å². The fraction of sp³-hybridized carbons (Fsp3) is 0.0800. The van der Waals surface area contributed by atoms with Crippen molar-refractivity contribution in [2.75, 3.05) is 0 Å². The SMILES string of the molecule is O=C(O)c1ccc(CN2C=Cc3ccc(C#CCc4ccccc4)cc3S2(=O)=O)cc1. The molecule has 0 fully saturated rings. The van der Waals surface area contributed by atoms with Crippen LogP contribution in [-0.4, -0.2) is 23.8 Å². The second kappa shape index (κ2) is 8.50. The standard InChI is InChI=1S/C25H19NO4S/c27-25(28)23-13-10-21(11-14-23)18-26-16-15-22-12-9-20(17-24(22)31(26,29)30)8-4-7-19-5-2-1-3-6-19/h1-3,5-6,9-17H,7,18H2,(H,27,28). The zero-order chi connectivity index (χ0) is 21.8. The van der Waals surface area contributed by atoms with Gasteiger partial charge in [-0.2, -0.15) is 0 Å². The molecule has 6 heteroatoms. The lowest BCUT2D eigenvalue weighted by Crippen LogP contribution is -2.28. The van der Waals surface area contributed by atoms with Crippen LogP contribution in [0.25, 0.3) is 6.08 Å². The lowest BCUT2D eigenvalue weighted by atomic mass is 10.1. The van der Waals surface area contributed by atoms with Crippen LogP contribution in [0.1, 0.15) is 32.6 Å². The van der Waals surface area contributed by atoms with Gasteiger partial charge in [0, 0.05) is 18.2 Å². The van der Waals surface area contributed by atoms with E-state index in [4.69, 9.17) is 5.11 Å². The fourth-order valence-electron chi connectivity index (χ4n) is 3.26. The molecule has 3 aromatic carbocycles. The van der Waals surface area contributed by atoms with Crippen LogP contribution in [0, 0.1) is 11.8 Å². The van der Waals surface area contributed by atoms with Crippen molar-refractivity contribution in [3.63, 3.8) is 0 Å². The zero-order valence-corrected chi connectivity index (χ0v) is 17.3. The molecule has 4 rings (SSSR count). The van der Waals surface area contributed by atoms with E-state index in [-0.39, 0.29) is 17.0 Å². The molecular formula is C25H19NO4S. The van der Waals surface area contributed by atoms with Crippen LogP contribution in [-0.2, 0) is 23.0 Å². The van der Waals surface area contributed by atoms with Crippen molar-refractivity contribution in [3.8, 4) is 11.8 Å². The summed E-state index contributed by atoms with van der Waals surface area (Å²) in [5.74, 6) is 5.12. The smallest absolute Gasteiger partial charge is 0.335 e. The Labute approximate surface area is 181 Å². The highest BCUT2D eigenvalue weighted by molar-refractivity contribution is 7.89. The molecule has 1 N–H and O–H groups in total. The van der Waals surface area contributed by atoms with Crippen LogP contribution in [0.3, 0.4) is 0 Å². The molecule has 0 radical (unpaired) electrons. The minimum Gasteiger partial charge on any atom is -0.478 e. The molecule has 0 aromatic heterocycles. The molecule has 0 unspecified atom stereocenters. The molecule has 0 saturated carbocycles. The molecule has 0 atom stereocenters. The number of carboxylic acid groups (broad SMARTS) is 1. The summed E-state index contributed by atoms with van der Waals surface area (Å²) in [7, 11) is -3.74. The van der Waals surface area contributed by atoms with Gasteiger partial charge in [-0.15, -0.1) is 0 Å². The van der Waals surface area contributed by atoms with Crippen LogP contribution in [0.5, 0.6) is 0 Å². The number of carbonyl (C=O) groups is 1. The van der Waals surface area contributed by atoms with Crippen molar-refractivity contribution < 1.29 is 18.3 Å². The lowest BCUT2D eigenvalue weighted by Gasteiger charge is -2.25. The summed E-state index contributed by atoms with van der Waals surface area (Å²) in [6.07, 6.45) is 3.87. The Morgan fingerprint density at radius 1 is 0.935 bits per heavy atom. The normalized spacial score (nSPS) is 13.7. The van der Waals surface area contributed by atoms with Crippen LogP contribution in [0.2, 0.25) is 0 Å². The van der Waals surface area contributed by atoms with Crippen molar-refractivity contribution in [3.05, 3.63) is 107 Å². The maximum Gasteiger partial charge on any atom is 0.335 e. The Kier molecular flexibility index (Phi) is 5.61. The van der Waals surface area contributed by atoms with Gasteiger partial charge in [0.2, 0.25) is 0 Å². The first-order valence-electron chi connectivity index (χ1n) is 9.62. The molecule has 3 aromatic rings. The maximum atomic E-state index is 13.2. The number of rotatable bonds is 4. The van der Waals surface area contributed by atoms with E-state index in [1.165, 1.54) is 22.6 Å². The Balaban J connectivity index is 1.56. The highest BCUT2D eigenvalue weighted by Gasteiger charge is 2.27. The minimum absolute atomic E-state index is 0.113. The lowest BCUT2D eigenvalue weighted by molar-refractivity contribution is 0.0697. The summed E-state index contributed by atoms with van der Waals surface area (Å²) in [6.45, 7) is 0.113. The number of hydrogen-bond donors (Lipinski definition) is 1. The Hall–Kier alpha value is -3.82. The average Bonchev–Trinajstić information content (AvgIpc) is 2.77. The number of benzene rings is 3. The summed E-state index contributed by atoms with van der Waals surface area (Å²) in [5.41, 5.74) is 3.21. The third kappa shape index (κ3) is 4.52. The van der Waals surface area contributed by atoms with Gasteiger partial charge in [0.1, 0.15) is 0 Å². The highest BCUT2D eigenvalue weighted by atomic mass is 32.2. The molecule has 0 saturated heterocycles. The van der Waals surface area contributed by atoms with Crippen LogP contribution in [0.4, 0.5) is 0 Å². The topological polar surface area (TPSA) is 74.7 Å². The highest BCUT2D eigenvalue weighted by Crippen LogP contribution is 2.29. The molecule has 1 aliphatic rings. The van der Waals surface area contributed by atoms with Crippen molar-refractivity contribution >= 4 is 22.1 Å². The van der Waals surface area contributed by atoms with E-state index in [1.807, 2.05) is 36.4 Å². The largest absolute Gasteiger partial charge is 0.478 e. The summed E-state index contributed by atoms with van der Waals surface area (Å²) in [5, 5.41) is 9.01. The second-order valence-electron chi connectivity index (χ2n) is 7.08. The van der Waals surface area contributed by atoms with Gasteiger partial charge in [-0.1, -0.05) is 60.4 Å². The summed E-state index contributed by atoms with van der Waals surface area (Å²) in [4.78, 5) is 11.2. The fourth-order valence-corrected chi connectivity index (χ4v) is 4.76. The molecule has 0 aliphatic carbocycles. The third-order valence-corrected chi connectivity index (χ3v) is 6.71. The summed E-state index contributed by atoms with van der Waals surface area (Å²) < 4.78 is 27.6. The predicted octanol–water partition coefficient (Wildman–Crippen LogP) is 4.15. The van der Waals surface area contributed by atoms with Gasteiger partial charge in [-0.3, -0.25) is 4.31 Å². The van der Waals surface area contributed by atoms with Crippen molar-refractivity contribution in [1.82, 2.24) is 4.31 Å².